The van der Waals surface area contributed by atoms with Crippen molar-refractivity contribution in [3.63, 3.8) is 0 Å². The van der Waals surface area contributed by atoms with Crippen molar-refractivity contribution in [2.75, 3.05) is 18.0 Å². The Morgan fingerprint density at radius 3 is 2.05 bits per heavy atom. The minimum Gasteiger partial charge on any atom is -0.372 e. The zero-order valence-electron chi connectivity index (χ0n) is 14.7. The number of hydrogen-bond acceptors (Lipinski definition) is 3. The summed E-state index contributed by atoms with van der Waals surface area (Å²) in [4.78, 5) is 8.70. The number of rotatable bonds is 5. The Kier molecular flexibility index (Phi) is 5.28. The van der Waals surface area contributed by atoms with Crippen molar-refractivity contribution in [2.24, 2.45) is 0 Å². The van der Waals surface area contributed by atoms with Crippen LogP contribution in [-0.2, 0) is 11.8 Å². The van der Waals surface area contributed by atoms with Gasteiger partial charge in [-0.05, 0) is 32.4 Å². The average Bonchev–Trinajstić information content (AvgIpc) is 2.93. The van der Waals surface area contributed by atoms with Crippen molar-refractivity contribution in [3.05, 3.63) is 34.2 Å². The molecule has 1 heterocycles. The highest BCUT2D eigenvalue weighted by Gasteiger charge is 2.21. The number of aryl methyl sites for hydroxylation is 1. The lowest BCUT2D eigenvalue weighted by molar-refractivity contribution is 0.586. The van der Waals surface area contributed by atoms with E-state index >= 15 is 0 Å². The van der Waals surface area contributed by atoms with Gasteiger partial charge in [0.25, 0.3) is 0 Å². The van der Waals surface area contributed by atoms with Gasteiger partial charge in [-0.25, -0.2) is 4.98 Å². The standard InChI is InChI=1S/C19H28N2S/c1-7-16-17(20-18(22-16)19(4,5)6)14-10-12-15(13-11-14)21(8-2)9-3/h10-13H,7-9H2,1-6H3. The number of aromatic nitrogens is 1. The fourth-order valence-corrected chi connectivity index (χ4v) is 3.64. The molecule has 2 rings (SSSR count). The highest BCUT2D eigenvalue weighted by atomic mass is 32.1. The second kappa shape index (κ2) is 6.82. The average molecular weight is 317 g/mol. The van der Waals surface area contributed by atoms with E-state index in [2.05, 4.69) is 70.7 Å². The molecule has 2 aromatic rings. The lowest BCUT2D eigenvalue weighted by Gasteiger charge is -2.21. The lowest BCUT2D eigenvalue weighted by Crippen LogP contribution is -2.21. The van der Waals surface area contributed by atoms with Crippen LogP contribution in [0.25, 0.3) is 11.3 Å². The van der Waals surface area contributed by atoms with Gasteiger partial charge in [0.05, 0.1) is 10.7 Å². The van der Waals surface area contributed by atoms with Gasteiger partial charge < -0.3 is 4.90 Å². The van der Waals surface area contributed by atoms with E-state index in [1.807, 2.05) is 11.3 Å². The molecule has 0 radical (unpaired) electrons. The molecule has 0 saturated heterocycles. The first-order valence-electron chi connectivity index (χ1n) is 8.26. The Balaban J connectivity index is 2.37. The molecule has 0 aliphatic carbocycles. The van der Waals surface area contributed by atoms with Crippen molar-refractivity contribution in [2.45, 2.75) is 53.4 Å². The van der Waals surface area contributed by atoms with Gasteiger partial charge in [-0.1, -0.05) is 39.8 Å². The van der Waals surface area contributed by atoms with Crippen LogP contribution < -0.4 is 4.90 Å². The smallest absolute Gasteiger partial charge is 0.0988 e. The summed E-state index contributed by atoms with van der Waals surface area (Å²) in [6.45, 7) is 15.4. The first-order chi connectivity index (χ1) is 10.4. The minimum atomic E-state index is 0.119. The third kappa shape index (κ3) is 3.52. The minimum absolute atomic E-state index is 0.119. The molecule has 0 aliphatic rings. The summed E-state index contributed by atoms with van der Waals surface area (Å²) in [6, 6.07) is 8.87. The van der Waals surface area contributed by atoms with Crippen molar-refractivity contribution >= 4 is 17.0 Å². The van der Waals surface area contributed by atoms with Crippen molar-refractivity contribution in [1.29, 1.82) is 0 Å². The summed E-state index contributed by atoms with van der Waals surface area (Å²) < 4.78 is 0. The molecule has 0 unspecified atom stereocenters. The van der Waals surface area contributed by atoms with E-state index in [1.54, 1.807) is 0 Å². The molecular formula is C19H28N2S. The van der Waals surface area contributed by atoms with Crippen LogP contribution in [0.5, 0.6) is 0 Å². The maximum atomic E-state index is 4.94. The Bertz CT molecular complexity index is 601. The van der Waals surface area contributed by atoms with Crippen molar-refractivity contribution in [1.82, 2.24) is 4.98 Å². The molecule has 1 aromatic heterocycles. The predicted molar refractivity (Wildman–Crippen MR) is 99.2 cm³/mol. The number of thiazole rings is 1. The molecule has 0 saturated carbocycles. The van der Waals surface area contributed by atoms with Crippen LogP contribution in [0.1, 0.15) is 51.4 Å². The van der Waals surface area contributed by atoms with E-state index in [9.17, 15) is 0 Å². The summed E-state index contributed by atoms with van der Waals surface area (Å²) in [5.41, 5.74) is 3.81. The van der Waals surface area contributed by atoms with E-state index in [4.69, 9.17) is 4.98 Å². The summed E-state index contributed by atoms with van der Waals surface area (Å²) in [7, 11) is 0. The molecule has 0 amide bonds. The SMILES string of the molecule is CCc1sc(C(C)(C)C)nc1-c1ccc(N(CC)CC)cc1. The number of anilines is 1. The first kappa shape index (κ1) is 17.0. The number of nitrogens with zero attached hydrogens (tertiary/aromatic N) is 2. The van der Waals surface area contributed by atoms with Gasteiger partial charge in [0.15, 0.2) is 0 Å². The molecular weight excluding hydrogens is 288 g/mol. The Morgan fingerprint density at radius 2 is 1.59 bits per heavy atom. The molecule has 2 nitrogen and oxygen atoms in total. The summed E-state index contributed by atoms with van der Waals surface area (Å²) in [5.74, 6) is 0. The summed E-state index contributed by atoms with van der Waals surface area (Å²) >= 11 is 1.86. The zero-order chi connectivity index (χ0) is 16.3. The molecule has 1 aromatic carbocycles. The summed E-state index contributed by atoms with van der Waals surface area (Å²) in [6.07, 6.45) is 1.04. The Labute approximate surface area is 139 Å². The molecule has 0 spiro atoms. The number of hydrogen-bond donors (Lipinski definition) is 0. The van der Waals surface area contributed by atoms with Gasteiger partial charge in [0.2, 0.25) is 0 Å². The third-order valence-electron chi connectivity index (χ3n) is 3.93. The molecule has 0 bridgehead atoms. The van der Waals surface area contributed by atoms with E-state index in [-0.39, 0.29) is 5.41 Å². The molecule has 22 heavy (non-hydrogen) atoms. The Morgan fingerprint density at radius 1 is 1.00 bits per heavy atom. The highest BCUT2D eigenvalue weighted by molar-refractivity contribution is 7.12. The van der Waals surface area contributed by atoms with E-state index < -0.39 is 0 Å². The normalized spacial score (nSPS) is 11.7. The molecule has 0 atom stereocenters. The highest BCUT2D eigenvalue weighted by Crippen LogP contribution is 2.35. The van der Waals surface area contributed by atoms with Crippen LogP contribution in [-0.4, -0.2) is 18.1 Å². The van der Waals surface area contributed by atoms with E-state index in [1.165, 1.54) is 26.8 Å². The lowest BCUT2D eigenvalue weighted by atomic mass is 9.98. The number of benzene rings is 1. The fraction of sp³-hybridized carbons (Fsp3) is 0.526. The van der Waals surface area contributed by atoms with Gasteiger partial charge in [0.1, 0.15) is 0 Å². The van der Waals surface area contributed by atoms with E-state index in [0.717, 1.165) is 19.5 Å². The van der Waals surface area contributed by atoms with Crippen LogP contribution in [0.3, 0.4) is 0 Å². The quantitative estimate of drug-likeness (QED) is 0.722. The molecule has 0 N–H and O–H groups in total. The second-order valence-electron chi connectivity index (χ2n) is 6.61. The predicted octanol–water partition coefficient (Wildman–Crippen LogP) is 5.52. The third-order valence-corrected chi connectivity index (χ3v) is 5.55. The van der Waals surface area contributed by atoms with Gasteiger partial charge in [-0.2, -0.15) is 0 Å². The van der Waals surface area contributed by atoms with Gasteiger partial charge in [-0.3, -0.25) is 0 Å². The van der Waals surface area contributed by atoms with Crippen molar-refractivity contribution in [3.8, 4) is 11.3 Å². The van der Waals surface area contributed by atoms with Crippen LogP contribution in [0.15, 0.2) is 24.3 Å². The Hall–Kier alpha value is -1.35. The van der Waals surface area contributed by atoms with Crippen LogP contribution in [0, 0.1) is 0 Å². The first-order valence-corrected chi connectivity index (χ1v) is 9.07. The topological polar surface area (TPSA) is 16.1 Å². The molecule has 0 fully saturated rings. The van der Waals surface area contributed by atoms with Crippen LogP contribution in [0.2, 0.25) is 0 Å². The molecule has 0 aliphatic heterocycles. The second-order valence-corrected chi connectivity index (χ2v) is 7.70. The maximum Gasteiger partial charge on any atom is 0.0988 e. The monoisotopic (exact) mass is 316 g/mol. The largest absolute Gasteiger partial charge is 0.372 e. The van der Waals surface area contributed by atoms with Gasteiger partial charge >= 0.3 is 0 Å². The van der Waals surface area contributed by atoms with Gasteiger partial charge in [0, 0.05) is 34.6 Å². The zero-order valence-corrected chi connectivity index (χ0v) is 15.5. The molecule has 120 valence electrons. The van der Waals surface area contributed by atoms with Gasteiger partial charge in [-0.15, -0.1) is 11.3 Å². The summed E-state index contributed by atoms with van der Waals surface area (Å²) in [5, 5.41) is 1.23. The maximum absolute atomic E-state index is 4.94. The van der Waals surface area contributed by atoms with E-state index in [0.29, 0.717) is 0 Å². The fourth-order valence-electron chi connectivity index (χ4n) is 2.56. The molecule has 3 heteroatoms. The van der Waals surface area contributed by atoms with Crippen LogP contribution in [0.4, 0.5) is 5.69 Å². The van der Waals surface area contributed by atoms with Crippen molar-refractivity contribution < 1.29 is 0 Å². The van der Waals surface area contributed by atoms with Crippen LogP contribution >= 0.6 is 11.3 Å².